The van der Waals surface area contributed by atoms with Crippen LogP contribution < -0.4 is 9.64 Å². The van der Waals surface area contributed by atoms with Gasteiger partial charge >= 0.3 is 0 Å². The molecule has 5 nitrogen and oxygen atoms in total. The lowest BCUT2D eigenvalue weighted by atomic mass is 10.0. The topological polar surface area (TPSA) is 53.0 Å². The van der Waals surface area contributed by atoms with Gasteiger partial charge in [0.25, 0.3) is 5.91 Å². The minimum Gasteiger partial charge on any atom is -0.508 e. The van der Waals surface area contributed by atoms with Gasteiger partial charge in [-0.2, -0.15) is 0 Å². The molecule has 0 aromatic heterocycles. The van der Waals surface area contributed by atoms with Crippen molar-refractivity contribution in [1.29, 1.82) is 0 Å². The average Bonchev–Trinajstić information content (AvgIpc) is 2.66. The molecule has 0 bridgehead atoms. The number of aromatic hydroxyl groups is 1. The zero-order valence-corrected chi connectivity index (χ0v) is 16.3. The van der Waals surface area contributed by atoms with Gasteiger partial charge in [0.15, 0.2) is 6.61 Å². The van der Waals surface area contributed by atoms with E-state index in [4.69, 9.17) is 4.74 Å². The van der Waals surface area contributed by atoms with E-state index in [2.05, 4.69) is 30.9 Å². The normalized spacial score (nSPS) is 14.5. The van der Waals surface area contributed by atoms with Crippen LogP contribution in [0.15, 0.2) is 42.5 Å². The predicted molar refractivity (Wildman–Crippen MR) is 108 cm³/mol. The van der Waals surface area contributed by atoms with Crippen molar-refractivity contribution in [2.45, 2.75) is 26.7 Å². The highest BCUT2D eigenvalue weighted by Crippen LogP contribution is 2.27. The van der Waals surface area contributed by atoms with Gasteiger partial charge in [0, 0.05) is 31.9 Å². The molecule has 27 heavy (non-hydrogen) atoms. The number of piperazine rings is 1. The molecule has 1 aliphatic heterocycles. The minimum absolute atomic E-state index is 0.0246. The summed E-state index contributed by atoms with van der Waals surface area (Å²) >= 11 is 0. The van der Waals surface area contributed by atoms with Crippen LogP contribution in [-0.4, -0.2) is 48.7 Å². The SMILES string of the molecule is Cc1ccc(C(C)C)c(OCC(=O)N2CCN(c3ccc(O)cc3)CC2)c1. The summed E-state index contributed by atoms with van der Waals surface area (Å²) in [6.07, 6.45) is 0. The number of benzene rings is 2. The molecule has 3 rings (SSSR count). The molecule has 0 aliphatic carbocycles. The summed E-state index contributed by atoms with van der Waals surface area (Å²) in [4.78, 5) is 16.7. The molecule has 1 aliphatic rings. The van der Waals surface area contributed by atoms with Crippen LogP contribution in [0.1, 0.15) is 30.9 Å². The van der Waals surface area contributed by atoms with E-state index in [1.807, 2.05) is 30.0 Å². The number of rotatable bonds is 5. The van der Waals surface area contributed by atoms with Crippen molar-refractivity contribution in [3.05, 3.63) is 53.6 Å². The molecule has 5 heteroatoms. The largest absolute Gasteiger partial charge is 0.508 e. The molecular weight excluding hydrogens is 340 g/mol. The maximum atomic E-state index is 12.6. The zero-order valence-electron chi connectivity index (χ0n) is 16.3. The van der Waals surface area contributed by atoms with Crippen molar-refractivity contribution in [3.8, 4) is 11.5 Å². The molecule has 0 saturated carbocycles. The minimum atomic E-state index is 0.0246. The van der Waals surface area contributed by atoms with Crippen molar-refractivity contribution in [2.24, 2.45) is 0 Å². The summed E-state index contributed by atoms with van der Waals surface area (Å²) in [5, 5.41) is 9.41. The summed E-state index contributed by atoms with van der Waals surface area (Å²) in [7, 11) is 0. The summed E-state index contributed by atoms with van der Waals surface area (Å²) < 4.78 is 5.89. The second-order valence-corrected chi connectivity index (χ2v) is 7.37. The average molecular weight is 368 g/mol. The van der Waals surface area contributed by atoms with E-state index in [1.54, 1.807) is 12.1 Å². The second-order valence-electron chi connectivity index (χ2n) is 7.37. The standard InChI is InChI=1S/C22H28N2O3/c1-16(2)20-9-4-17(3)14-21(20)27-15-22(26)24-12-10-23(11-13-24)18-5-7-19(25)8-6-18/h4-9,14,16,25H,10-13,15H2,1-3H3. The Bertz CT molecular complexity index is 779. The quantitative estimate of drug-likeness (QED) is 0.877. The zero-order chi connectivity index (χ0) is 19.4. The van der Waals surface area contributed by atoms with Gasteiger partial charge in [-0.1, -0.05) is 26.0 Å². The first-order valence-corrected chi connectivity index (χ1v) is 9.49. The van der Waals surface area contributed by atoms with Crippen molar-refractivity contribution in [1.82, 2.24) is 4.90 Å². The smallest absolute Gasteiger partial charge is 0.260 e. The molecule has 0 radical (unpaired) electrons. The van der Waals surface area contributed by atoms with Crippen molar-refractivity contribution < 1.29 is 14.6 Å². The van der Waals surface area contributed by atoms with E-state index in [9.17, 15) is 9.90 Å². The lowest BCUT2D eigenvalue weighted by molar-refractivity contribution is -0.133. The van der Waals surface area contributed by atoms with Crippen LogP contribution in [0.25, 0.3) is 0 Å². The number of anilines is 1. The molecule has 1 amide bonds. The maximum Gasteiger partial charge on any atom is 0.260 e. The van der Waals surface area contributed by atoms with Crippen molar-refractivity contribution in [3.63, 3.8) is 0 Å². The van der Waals surface area contributed by atoms with E-state index in [-0.39, 0.29) is 18.3 Å². The number of nitrogens with zero attached hydrogens (tertiary/aromatic N) is 2. The van der Waals surface area contributed by atoms with Crippen LogP contribution in [0.5, 0.6) is 11.5 Å². The van der Waals surface area contributed by atoms with Gasteiger partial charge in [-0.25, -0.2) is 0 Å². The number of ether oxygens (including phenoxy) is 1. The van der Waals surface area contributed by atoms with Gasteiger partial charge in [-0.3, -0.25) is 4.79 Å². The fourth-order valence-corrected chi connectivity index (χ4v) is 3.35. The summed E-state index contributed by atoms with van der Waals surface area (Å²) in [6, 6.07) is 13.3. The number of hydrogen-bond acceptors (Lipinski definition) is 4. The highest BCUT2D eigenvalue weighted by Gasteiger charge is 2.22. The highest BCUT2D eigenvalue weighted by atomic mass is 16.5. The van der Waals surface area contributed by atoms with E-state index < -0.39 is 0 Å². The molecule has 1 heterocycles. The van der Waals surface area contributed by atoms with Gasteiger partial charge in [-0.15, -0.1) is 0 Å². The third kappa shape index (κ3) is 4.73. The Morgan fingerprint density at radius 1 is 1.07 bits per heavy atom. The monoisotopic (exact) mass is 368 g/mol. The lowest BCUT2D eigenvalue weighted by Gasteiger charge is -2.36. The van der Waals surface area contributed by atoms with Crippen LogP contribution in [-0.2, 0) is 4.79 Å². The van der Waals surface area contributed by atoms with Crippen LogP contribution in [0.2, 0.25) is 0 Å². The van der Waals surface area contributed by atoms with Gasteiger partial charge in [-0.05, 0) is 54.3 Å². The molecular formula is C22H28N2O3. The fraction of sp³-hybridized carbons (Fsp3) is 0.409. The molecule has 1 saturated heterocycles. The van der Waals surface area contributed by atoms with Gasteiger partial charge < -0.3 is 19.6 Å². The summed E-state index contributed by atoms with van der Waals surface area (Å²) in [5.41, 5.74) is 3.33. The molecule has 2 aromatic carbocycles. The van der Waals surface area contributed by atoms with Crippen molar-refractivity contribution in [2.75, 3.05) is 37.7 Å². The Morgan fingerprint density at radius 3 is 2.37 bits per heavy atom. The number of aryl methyl sites for hydroxylation is 1. The highest BCUT2D eigenvalue weighted by molar-refractivity contribution is 5.78. The van der Waals surface area contributed by atoms with E-state index >= 15 is 0 Å². The molecule has 0 unspecified atom stereocenters. The molecule has 144 valence electrons. The third-order valence-corrected chi connectivity index (χ3v) is 4.99. The molecule has 1 N–H and O–H groups in total. The van der Waals surface area contributed by atoms with Crippen LogP contribution in [0, 0.1) is 6.92 Å². The van der Waals surface area contributed by atoms with Crippen molar-refractivity contribution >= 4 is 11.6 Å². The molecule has 2 aromatic rings. The number of carbonyl (C=O) groups is 1. The predicted octanol–water partition coefficient (Wildman–Crippen LogP) is 3.55. The Morgan fingerprint density at radius 2 is 1.74 bits per heavy atom. The lowest BCUT2D eigenvalue weighted by Crippen LogP contribution is -2.50. The summed E-state index contributed by atoms with van der Waals surface area (Å²) in [5.74, 6) is 1.45. The van der Waals surface area contributed by atoms with E-state index in [1.165, 1.54) is 0 Å². The van der Waals surface area contributed by atoms with Gasteiger partial charge in [0.1, 0.15) is 11.5 Å². The van der Waals surface area contributed by atoms with E-state index in [0.29, 0.717) is 19.0 Å². The van der Waals surface area contributed by atoms with Crippen LogP contribution >= 0.6 is 0 Å². The molecule has 0 spiro atoms. The second kappa shape index (κ2) is 8.33. The number of phenolic OH excluding ortho intramolecular Hbond substituents is 1. The number of carbonyl (C=O) groups excluding carboxylic acids is 1. The Labute approximate surface area is 161 Å². The first kappa shape index (κ1) is 19.1. The molecule has 1 fully saturated rings. The Hall–Kier alpha value is -2.69. The number of amides is 1. The van der Waals surface area contributed by atoms with Gasteiger partial charge in [0.2, 0.25) is 0 Å². The number of hydrogen-bond donors (Lipinski definition) is 1. The molecule has 0 atom stereocenters. The Balaban J connectivity index is 1.54. The number of phenols is 1. The Kier molecular flexibility index (Phi) is 5.89. The third-order valence-electron chi connectivity index (χ3n) is 4.99. The fourth-order valence-electron chi connectivity index (χ4n) is 3.35. The first-order chi connectivity index (χ1) is 12.9. The van der Waals surface area contributed by atoms with Crippen LogP contribution in [0.4, 0.5) is 5.69 Å². The maximum absolute atomic E-state index is 12.6. The van der Waals surface area contributed by atoms with Gasteiger partial charge in [0.05, 0.1) is 0 Å². The van der Waals surface area contributed by atoms with E-state index in [0.717, 1.165) is 35.7 Å². The summed E-state index contributed by atoms with van der Waals surface area (Å²) in [6.45, 7) is 9.26. The first-order valence-electron chi connectivity index (χ1n) is 9.49. The van der Waals surface area contributed by atoms with Crippen LogP contribution in [0.3, 0.4) is 0 Å².